The van der Waals surface area contributed by atoms with E-state index in [4.69, 9.17) is 4.99 Å². The lowest BCUT2D eigenvalue weighted by Crippen LogP contribution is -2.47. The van der Waals surface area contributed by atoms with Crippen LogP contribution in [0.4, 0.5) is 0 Å². The van der Waals surface area contributed by atoms with E-state index >= 15 is 0 Å². The molecule has 0 bridgehead atoms. The highest BCUT2D eigenvalue weighted by molar-refractivity contribution is 14.0. The van der Waals surface area contributed by atoms with E-state index in [1.807, 2.05) is 6.08 Å². The van der Waals surface area contributed by atoms with Crippen molar-refractivity contribution < 1.29 is 0 Å². The molecular formula is C19H40IN5. The van der Waals surface area contributed by atoms with Crippen LogP contribution in [0.25, 0.3) is 0 Å². The van der Waals surface area contributed by atoms with E-state index in [-0.39, 0.29) is 24.0 Å². The lowest BCUT2D eigenvalue weighted by atomic mass is 10.1. The van der Waals surface area contributed by atoms with Crippen molar-refractivity contribution in [2.24, 2.45) is 10.9 Å². The van der Waals surface area contributed by atoms with Gasteiger partial charge in [-0.2, -0.15) is 0 Å². The van der Waals surface area contributed by atoms with Crippen LogP contribution in [0.5, 0.6) is 0 Å². The van der Waals surface area contributed by atoms with Crippen molar-refractivity contribution in [2.45, 2.75) is 33.6 Å². The zero-order valence-electron chi connectivity index (χ0n) is 16.8. The van der Waals surface area contributed by atoms with Gasteiger partial charge in [0.15, 0.2) is 5.96 Å². The van der Waals surface area contributed by atoms with Gasteiger partial charge in [0.1, 0.15) is 0 Å². The van der Waals surface area contributed by atoms with Crippen molar-refractivity contribution in [1.29, 1.82) is 0 Å². The molecule has 148 valence electrons. The number of nitrogens with zero attached hydrogens (tertiary/aromatic N) is 4. The second-order valence-electron chi connectivity index (χ2n) is 6.89. The van der Waals surface area contributed by atoms with Crippen LogP contribution in [-0.2, 0) is 0 Å². The molecular weight excluding hydrogens is 425 g/mol. The Morgan fingerprint density at radius 1 is 1.24 bits per heavy atom. The Hall–Kier alpha value is -0.340. The lowest BCUT2D eigenvalue weighted by Gasteiger charge is -2.35. The number of hydrogen-bond acceptors (Lipinski definition) is 3. The van der Waals surface area contributed by atoms with Crippen molar-refractivity contribution in [3.8, 4) is 0 Å². The summed E-state index contributed by atoms with van der Waals surface area (Å²) in [5, 5.41) is 3.41. The highest BCUT2D eigenvalue weighted by atomic mass is 127. The van der Waals surface area contributed by atoms with E-state index < -0.39 is 0 Å². The van der Waals surface area contributed by atoms with Crippen molar-refractivity contribution in [3.63, 3.8) is 0 Å². The summed E-state index contributed by atoms with van der Waals surface area (Å²) in [6.07, 6.45) is 4.17. The standard InChI is InChI=1S/C19H39N5.HI/c1-6-9-10-11-22(5)19(20-7-2)21-16-18(4)17-24-14-12-23(8-3)13-15-24;/h6,18H,1,7-17H2,2-5H3,(H,20,21);1H. The molecule has 0 aromatic carbocycles. The van der Waals surface area contributed by atoms with Crippen LogP contribution in [-0.4, -0.2) is 86.6 Å². The van der Waals surface area contributed by atoms with Crippen molar-refractivity contribution in [1.82, 2.24) is 20.0 Å². The van der Waals surface area contributed by atoms with Gasteiger partial charge in [-0.05, 0) is 32.2 Å². The fourth-order valence-corrected chi connectivity index (χ4v) is 3.08. The van der Waals surface area contributed by atoms with Gasteiger partial charge in [0.25, 0.3) is 0 Å². The summed E-state index contributed by atoms with van der Waals surface area (Å²) in [4.78, 5) is 12.2. The summed E-state index contributed by atoms with van der Waals surface area (Å²) >= 11 is 0. The first-order valence-electron chi connectivity index (χ1n) is 9.65. The average Bonchev–Trinajstić information content (AvgIpc) is 2.59. The Labute approximate surface area is 172 Å². The van der Waals surface area contributed by atoms with Crippen molar-refractivity contribution >= 4 is 29.9 Å². The Bertz CT molecular complexity index is 367. The molecule has 1 saturated heterocycles. The van der Waals surface area contributed by atoms with E-state index in [2.05, 4.69) is 54.4 Å². The highest BCUT2D eigenvalue weighted by Crippen LogP contribution is 2.06. The van der Waals surface area contributed by atoms with Crippen LogP contribution >= 0.6 is 24.0 Å². The van der Waals surface area contributed by atoms with Crippen LogP contribution in [0, 0.1) is 5.92 Å². The summed E-state index contributed by atoms with van der Waals surface area (Å²) in [5.74, 6) is 1.62. The van der Waals surface area contributed by atoms with Crippen LogP contribution in [0.15, 0.2) is 17.6 Å². The molecule has 0 amide bonds. The molecule has 1 unspecified atom stereocenters. The molecule has 1 atom stereocenters. The number of unbranched alkanes of at least 4 members (excludes halogenated alkanes) is 1. The van der Waals surface area contributed by atoms with E-state index in [9.17, 15) is 0 Å². The summed E-state index contributed by atoms with van der Waals surface area (Å²) in [6, 6.07) is 0. The average molecular weight is 465 g/mol. The quantitative estimate of drug-likeness (QED) is 0.177. The van der Waals surface area contributed by atoms with Crippen LogP contribution in [0.3, 0.4) is 0 Å². The third kappa shape index (κ3) is 10.4. The van der Waals surface area contributed by atoms with Gasteiger partial charge in [-0.15, -0.1) is 30.6 Å². The van der Waals surface area contributed by atoms with E-state index in [0.29, 0.717) is 5.92 Å². The van der Waals surface area contributed by atoms with Gasteiger partial charge in [0.2, 0.25) is 0 Å². The Balaban J connectivity index is 0.00000576. The van der Waals surface area contributed by atoms with Gasteiger partial charge in [0, 0.05) is 59.4 Å². The Morgan fingerprint density at radius 3 is 2.44 bits per heavy atom. The van der Waals surface area contributed by atoms with E-state index in [1.54, 1.807) is 0 Å². The second kappa shape index (κ2) is 14.8. The number of aliphatic imine (C=N–C) groups is 1. The number of piperazine rings is 1. The molecule has 1 rings (SSSR count). The number of likely N-dealkylation sites (N-methyl/N-ethyl adjacent to an activating group) is 1. The van der Waals surface area contributed by atoms with E-state index in [0.717, 1.165) is 45.0 Å². The molecule has 1 fully saturated rings. The normalized spacial score (nSPS) is 17.7. The SMILES string of the molecule is C=CCCCN(C)C(=NCC(C)CN1CCN(CC)CC1)NCC.I. The Kier molecular flexibility index (Phi) is 14.6. The number of rotatable bonds is 10. The first-order chi connectivity index (χ1) is 11.6. The molecule has 1 N–H and O–H groups in total. The van der Waals surface area contributed by atoms with Crippen LogP contribution < -0.4 is 5.32 Å². The maximum Gasteiger partial charge on any atom is 0.193 e. The molecule has 0 spiro atoms. The smallest absolute Gasteiger partial charge is 0.193 e. The fourth-order valence-electron chi connectivity index (χ4n) is 3.08. The second-order valence-corrected chi connectivity index (χ2v) is 6.89. The van der Waals surface area contributed by atoms with Crippen LogP contribution in [0.1, 0.15) is 33.6 Å². The summed E-state index contributed by atoms with van der Waals surface area (Å²) in [7, 11) is 2.12. The minimum atomic E-state index is 0. The first-order valence-corrected chi connectivity index (χ1v) is 9.65. The zero-order chi connectivity index (χ0) is 17.8. The molecule has 0 aliphatic carbocycles. The molecule has 0 aromatic heterocycles. The molecule has 1 heterocycles. The Morgan fingerprint density at radius 2 is 1.88 bits per heavy atom. The summed E-state index contributed by atoms with van der Waals surface area (Å²) in [5.41, 5.74) is 0. The number of allylic oxidation sites excluding steroid dienone is 1. The number of halogens is 1. The third-order valence-electron chi connectivity index (χ3n) is 4.63. The predicted molar refractivity (Wildman–Crippen MR) is 121 cm³/mol. The number of guanidine groups is 1. The molecule has 25 heavy (non-hydrogen) atoms. The predicted octanol–water partition coefficient (Wildman–Crippen LogP) is 2.74. The molecule has 5 nitrogen and oxygen atoms in total. The fraction of sp³-hybridized carbons (Fsp3) is 0.842. The van der Waals surface area contributed by atoms with Gasteiger partial charge in [0.05, 0.1) is 0 Å². The minimum absolute atomic E-state index is 0. The van der Waals surface area contributed by atoms with E-state index in [1.165, 1.54) is 32.7 Å². The van der Waals surface area contributed by atoms with Gasteiger partial charge >= 0.3 is 0 Å². The zero-order valence-corrected chi connectivity index (χ0v) is 19.2. The molecule has 1 aliphatic heterocycles. The van der Waals surface area contributed by atoms with Gasteiger partial charge in [-0.25, -0.2) is 0 Å². The maximum atomic E-state index is 4.86. The maximum absolute atomic E-state index is 4.86. The minimum Gasteiger partial charge on any atom is -0.357 e. The molecule has 0 saturated carbocycles. The monoisotopic (exact) mass is 465 g/mol. The number of hydrogen-bond donors (Lipinski definition) is 1. The van der Waals surface area contributed by atoms with Gasteiger partial charge < -0.3 is 20.0 Å². The molecule has 1 aliphatic rings. The largest absolute Gasteiger partial charge is 0.357 e. The molecule has 0 radical (unpaired) electrons. The molecule has 6 heteroatoms. The van der Waals surface area contributed by atoms with Crippen LogP contribution in [0.2, 0.25) is 0 Å². The summed E-state index contributed by atoms with van der Waals surface area (Å²) in [6.45, 7) is 20.5. The third-order valence-corrected chi connectivity index (χ3v) is 4.63. The number of nitrogens with one attached hydrogen (secondary N) is 1. The van der Waals surface area contributed by atoms with Crippen molar-refractivity contribution in [3.05, 3.63) is 12.7 Å². The van der Waals surface area contributed by atoms with Gasteiger partial charge in [-0.1, -0.05) is 19.9 Å². The van der Waals surface area contributed by atoms with Gasteiger partial charge in [-0.3, -0.25) is 4.99 Å². The highest BCUT2D eigenvalue weighted by Gasteiger charge is 2.17. The first kappa shape index (κ1) is 24.7. The van der Waals surface area contributed by atoms with Crippen molar-refractivity contribution in [2.75, 3.05) is 66.0 Å². The molecule has 0 aromatic rings. The lowest BCUT2D eigenvalue weighted by molar-refractivity contribution is 0.125. The summed E-state index contributed by atoms with van der Waals surface area (Å²) < 4.78 is 0. The topological polar surface area (TPSA) is 34.1 Å².